The van der Waals surface area contributed by atoms with E-state index in [0.29, 0.717) is 5.82 Å². The van der Waals surface area contributed by atoms with Crippen molar-refractivity contribution in [3.05, 3.63) is 34.8 Å². The summed E-state index contributed by atoms with van der Waals surface area (Å²) in [5.74, 6) is 1.54. The molecule has 0 atom stereocenters. The zero-order chi connectivity index (χ0) is 14.1. The summed E-state index contributed by atoms with van der Waals surface area (Å²) in [6.45, 7) is 4.20. The SMILES string of the molecule is CCc1cc2c(NC)nc(-c3cc(C)ccn3)nc2s1. The zero-order valence-corrected chi connectivity index (χ0v) is 12.6. The van der Waals surface area contributed by atoms with Crippen LogP contribution in [0.5, 0.6) is 0 Å². The van der Waals surface area contributed by atoms with Crippen molar-refractivity contribution in [3.63, 3.8) is 0 Å². The van der Waals surface area contributed by atoms with Crippen LogP contribution in [0.4, 0.5) is 5.82 Å². The first-order valence-corrected chi connectivity index (χ1v) is 7.44. The minimum absolute atomic E-state index is 0.676. The van der Waals surface area contributed by atoms with E-state index < -0.39 is 0 Å². The van der Waals surface area contributed by atoms with Crippen molar-refractivity contribution < 1.29 is 0 Å². The third-order valence-corrected chi connectivity index (χ3v) is 4.35. The first kappa shape index (κ1) is 13.0. The molecule has 0 bridgehead atoms. The molecule has 1 N–H and O–H groups in total. The van der Waals surface area contributed by atoms with E-state index in [0.717, 1.165) is 33.7 Å². The summed E-state index contributed by atoms with van der Waals surface area (Å²) in [6.07, 6.45) is 2.81. The Morgan fingerprint density at radius 2 is 2.10 bits per heavy atom. The van der Waals surface area contributed by atoms with Gasteiger partial charge in [0.1, 0.15) is 16.3 Å². The number of rotatable bonds is 3. The minimum Gasteiger partial charge on any atom is -0.372 e. The summed E-state index contributed by atoms with van der Waals surface area (Å²) < 4.78 is 0. The number of anilines is 1. The number of pyridine rings is 1. The molecular weight excluding hydrogens is 268 g/mol. The van der Waals surface area contributed by atoms with Crippen molar-refractivity contribution in [1.29, 1.82) is 0 Å². The molecule has 0 aliphatic carbocycles. The molecule has 0 saturated carbocycles. The molecule has 3 rings (SSSR count). The van der Waals surface area contributed by atoms with Gasteiger partial charge in [-0.15, -0.1) is 11.3 Å². The maximum absolute atomic E-state index is 4.67. The molecule has 0 aliphatic heterocycles. The maximum atomic E-state index is 4.67. The number of hydrogen-bond donors (Lipinski definition) is 1. The Balaban J connectivity index is 2.21. The van der Waals surface area contributed by atoms with Gasteiger partial charge in [-0.2, -0.15) is 0 Å². The highest BCUT2D eigenvalue weighted by Crippen LogP contribution is 2.31. The van der Waals surface area contributed by atoms with Crippen molar-refractivity contribution in [1.82, 2.24) is 15.0 Å². The second-order valence-electron chi connectivity index (χ2n) is 4.65. The van der Waals surface area contributed by atoms with Crippen LogP contribution in [0.15, 0.2) is 24.4 Å². The highest BCUT2D eigenvalue weighted by atomic mass is 32.1. The van der Waals surface area contributed by atoms with Crippen molar-refractivity contribution in [3.8, 4) is 11.5 Å². The molecule has 5 heteroatoms. The highest BCUT2D eigenvalue weighted by Gasteiger charge is 2.12. The van der Waals surface area contributed by atoms with Gasteiger partial charge in [-0.3, -0.25) is 4.98 Å². The first-order valence-electron chi connectivity index (χ1n) is 6.62. The molecule has 3 heterocycles. The zero-order valence-electron chi connectivity index (χ0n) is 11.8. The molecular formula is C15H16N4S. The lowest BCUT2D eigenvalue weighted by molar-refractivity contribution is 1.17. The van der Waals surface area contributed by atoms with E-state index in [1.807, 2.05) is 26.1 Å². The van der Waals surface area contributed by atoms with Crippen LogP contribution in [0.1, 0.15) is 17.4 Å². The molecule has 3 aromatic heterocycles. The monoisotopic (exact) mass is 284 g/mol. The van der Waals surface area contributed by atoms with Crippen LogP contribution in [0.25, 0.3) is 21.7 Å². The van der Waals surface area contributed by atoms with Gasteiger partial charge in [-0.25, -0.2) is 9.97 Å². The quantitative estimate of drug-likeness (QED) is 0.797. The molecule has 4 nitrogen and oxygen atoms in total. The number of aromatic nitrogens is 3. The Kier molecular flexibility index (Phi) is 3.36. The highest BCUT2D eigenvalue weighted by molar-refractivity contribution is 7.18. The standard InChI is InChI=1S/C15H16N4S/c1-4-10-8-11-13(16-3)18-14(19-15(11)20-10)12-7-9(2)5-6-17-12/h5-8H,4H2,1-3H3,(H,16,18,19). The Labute approximate surface area is 121 Å². The number of fused-ring (bicyclic) bond motifs is 1. The van der Waals surface area contributed by atoms with Crippen LogP contribution >= 0.6 is 11.3 Å². The van der Waals surface area contributed by atoms with E-state index in [1.54, 1.807) is 17.5 Å². The van der Waals surface area contributed by atoms with Gasteiger partial charge < -0.3 is 5.32 Å². The molecule has 0 spiro atoms. The van der Waals surface area contributed by atoms with Gasteiger partial charge in [0, 0.05) is 18.1 Å². The van der Waals surface area contributed by atoms with Gasteiger partial charge >= 0.3 is 0 Å². The normalized spacial score (nSPS) is 10.9. The summed E-state index contributed by atoms with van der Waals surface area (Å²) in [7, 11) is 1.89. The number of nitrogens with one attached hydrogen (secondary N) is 1. The Hall–Kier alpha value is -2.01. The molecule has 0 aliphatic rings. The Morgan fingerprint density at radius 1 is 1.25 bits per heavy atom. The summed E-state index contributed by atoms with van der Waals surface area (Å²) in [5.41, 5.74) is 1.97. The van der Waals surface area contributed by atoms with E-state index in [9.17, 15) is 0 Å². The molecule has 0 saturated heterocycles. The number of nitrogens with zero attached hydrogens (tertiary/aromatic N) is 3. The molecule has 0 fully saturated rings. The Bertz CT molecular complexity index is 764. The van der Waals surface area contributed by atoms with Gasteiger partial charge in [0.15, 0.2) is 5.82 Å². The van der Waals surface area contributed by atoms with Crippen molar-refractivity contribution in [2.45, 2.75) is 20.3 Å². The van der Waals surface area contributed by atoms with Crippen LogP contribution in [-0.2, 0) is 6.42 Å². The van der Waals surface area contributed by atoms with Crippen LogP contribution in [0, 0.1) is 6.92 Å². The fraction of sp³-hybridized carbons (Fsp3) is 0.267. The largest absolute Gasteiger partial charge is 0.372 e. The van der Waals surface area contributed by atoms with Crippen LogP contribution < -0.4 is 5.32 Å². The van der Waals surface area contributed by atoms with E-state index in [1.165, 1.54) is 4.88 Å². The van der Waals surface area contributed by atoms with Gasteiger partial charge in [0.05, 0.1) is 5.39 Å². The van der Waals surface area contributed by atoms with Gasteiger partial charge in [0.25, 0.3) is 0 Å². The smallest absolute Gasteiger partial charge is 0.181 e. The molecule has 102 valence electrons. The topological polar surface area (TPSA) is 50.7 Å². The predicted octanol–water partition coefficient (Wildman–Crippen LogP) is 3.67. The van der Waals surface area contributed by atoms with Crippen LogP contribution in [-0.4, -0.2) is 22.0 Å². The number of hydrogen-bond acceptors (Lipinski definition) is 5. The summed E-state index contributed by atoms with van der Waals surface area (Å²) in [4.78, 5) is 16.0. The van der Waals surface area contributed by atoms with Crippen molar-refractivity contribution >= 4 is 27.4 Å². The third kappa shape index (κ3) is 2.25. The van der Waals surface area contributed by atoms with Crippen molar-refractivity contribution in [2.75, 3.05) is 12.4 Å². The fourth-order valence-electron chi connectivity index (χ4n) is 2.11. The average Bonchev–Trinajstić information content (AvgIpc) is 2.89. The first-order chi connectivity index (χ1) is 9.71. The second kappa shape index (κ2) is 5.17. The van der Waals surface area contributed by atoms with Gasteiger partial charge in [0.2, 0.25) is 0 Å². The van der Waals surface area contributed by atoms with Gasteiger partial charge in [-0.05, 0) is 37.1 Å². The molecule has 20 heavy (non-hydrogen) atoms. The van der Waals surface area contributed by atoms with Crippen LogP contribution in [0.3, 0.4) is 0 Å². The lowest BCUT2D eigenvalue weighted by Gasteiger charge is -2.05. The Morgan fingerprint density at radius 3 is 2.80 bits per heavy atom. The van der Waals surface area contributed by atoms with E-state index >= 15 is 0 Å². The summed E-state index contributed by atoms with van der Waals surface area (Å²) in [5, 5.41) is 4.25. The van der Waals surface area contributed by atoms with Crippen LogP contribution in [0.2, 0.25) is 0 Å². The van der Waals surface area contributed by atoms with E-state index in [2.05, 4.69) is 33.3 Å². The fourth-order valence-corrected chi connectivity index (χ4v) is 3.08. The molecule has 0 amide bonds. The van der Waals surface area contributed by atoms with E-state index in [-0.39, 0.29) is 0 Å². The molecule has 3 aromatic rings. The lowest BCUT2D eigenvalue weighted by atomic mass is 10.2. The maximum Gasteiger partial charge on any atom is 0.181 e. The van der Waals surface area contributed by atoms with Gasteiger partial charge in [-0.1, -0.05) is 6.92 Å². The molecule has 0 aromatic carbocycles. The second-order valence-corrected chi connectivity index (χ2v) is 5.76. The minimum atomic E-state index is 0.676. The number of thiophene rings is 1. The average molecular weight is 284 g/mol. The lowest BCUT2D eigenvalue weighted by Crippen LogP contribution is -1.98. The predicted molar refractivity (Wildman–Crippen MR) is 84.3 cm³/mol. The summed E-state index contributed by atoms with van der Waals surface area (Å²) in [6, 6.07) is 6.15. The van der Waals surface area contributed by atoms with E-state index in [4.69, 9.17) is 0 Å². The van der Waals surface area contributed by atoms with Crippen molar-refractivity contribution in [2.24, 2.45) is 0 Å². The number of aryl methyl sites for hydroxylation is 2. The third-order valence-electron chi connectivity index (χ3n) is 3.17. The molecule has 0 radical (unpaired) electrons. The molecule has 0 unspecified atom stereocenters. The summed E-state index contributed by atoms with van der Waals surface area (Å²) >= 11 is 1.72.